The minimum Gasteiger partial charge on any atom is -0.397 e. The summed E-state index contributed by atoms with van der Waals surface area (Å²) in [7, 11) is 0. The Morgan fingerprint density at radius 1 is 1.35 bits per heavy atom. The second-order valence-corrected chi connectivity index (χ2v) is 5.30. The van der Waals surface area contributed by atoms with Gasteiger partial charge in [0.15, 0.2) is 0 Å². The maximum Gasteiger partial charge on any atom is 0.128 e. The Labute approximate surface area is 112 Å². The van der Waals surface area contributed by atoms with E-state index < -0.39 is 0 Å². The number of nitrogens with zero attached hydrogens (tertiary/aromatic N) is 1. The molecule has 5 heteroatoms. The quantitative estimate of drug-likeness (QED) is 0.875. The van der Waals surface area contributed by atoms with Crippen LogP contribution in [0.1, 0.15) is 5.56 Å². The molecule has 0 aliphatic rings. The van der Waals surface area contributed by atoms with Crippen molar-refractivity contribution >= 4 is 33.4 Å². The summed E-state index contributed by atoms with van der Waals surface area (Å²) in [5.41, 5.74) is 7.02. The van der Waals surface area contributed by atoms with Crippen LogP contribution in [0.5, 0.6) is 0 Å². The fraction of sp³-hybridized carbons (Fsp3) is 0.0833. The minimum absolute atomic E-state index is 0.221. The maximum absolute atomic E-state index is 13.6. The van der Waals surface area contributed by atoms with Crippen LogP contribution in [-0.2, 0) is 5.75 Å². The summed E-state index contributed by atoms with van der Waals surface area (Å²) in [6.07, 6.45) is 1.68. The molecule has 1 aromatic heterocycles. The normalized spacial score (nSPS) is 10.5. The Bertz CT molecular complexity index is 534. The first kappa shape index (κ1) is 12.4. The Morgan fingerprint density at radius 2 is 2.18 bits per heavy atom. The first-order valence-electron chi connectivity index (χ1n) is 4.94. The van der Waals surface area contributed by atoms with E-state index in [1.165, 1.54) is 17.8 Å². The van der Waals surface area contributed by atoms with Gasteiger partial charge in [-0.25, -0.2) is 9.37 Å². The highest BCUT2D eigenvalue weighted by Crippen LogP contribution is 2.27. The lowest BCUT2D eigenvalue weighted by atomic mass is 10.2. The van der Waals surface area contributed by atoms with Crippen molar-refractivity contribution in [3.8, 4) is 0 Å². The molecule has 2 nitrogen and oxygen atoms in total. The molecule has 0 saturated carbocycles. The lowest BCUT2D eigenvalue weighted by molar-refractivity contribution is 0.616. The molecule has 17 heavy (non-hydrogen) atoms. The molecule has 0 radical (unpaired) electrons. The summed E-state index contributed by atoms with van der Waals surface area (Å²) in [6.45, 7) is 0. The van der Waals surface area contributed by atoms with Crippen molar-refractivity contribution in [2.45, 2.75) is 10.8 Å². The summed E-state index contributed by atoms with van der Waals surface area (Å²) < 4.78 is 14.3. The molecule has 0 aliphatic carbocycles. The number of halogens is 2. The Hall–Kier alpha value is -1.07. The summed E-state index contributed by atoms with van der Waals surface area (Å²) >= 11 is 4.65. The molecule has 2 aromatic rings. The molecule has 0 fully saturated rings. The van der Waals surface area contributed by atoms with Crippen molar-refractivity contribution in [1.82, 2.24) is 4.98 Å². The molecule has 88 valence electrons. The first-order valence-corrected chi connectivity index (χ1v) is 6.72. The van der Waals surface area contributed by atoms with Crippen LogP contribution in [0.4, 0.5) is 10.1 Å². The number of rotatable bonds is 3. The summed E-state index contributed by atoms with van der Waals surface area (Å²) in [5.74, 6) is 0.293. The van der Waals surface area contributed by atoms with E-state index in [1.807, 2.05) is 6.07 Å². The number of thioether (sulfide) groups is 1. The largest absolute Gasteiger partial charge is 0.397 e. The van der Waals surface area contributed by atoms with Gasteiger partial charge >= 0.3 is 0 Å². The lowest BCUT2D eigenvalue weighted by Crippen LogP contribution is -1.92. The van der Waals surface area contributed by atoms with Gasteiger partial charge in [0.25, 0.3) is 0 Å². The summed E-state index contributed by atoms with van der Waals surface area (Å²) in [4.78, 5) is 4.15. The van der Waals surface area contributed by atoms with Gasteiger partial charge < -0.3 is 5.73 Å². The molecule has 1 heterocycles. The van der Waals surface area contributed by atoms with Crippen molar-refractivity contribution in [3.63, 3.8) is 0 Å². The van der Waals surface area contributed by atoms with E-state index in [2.05, 4.69) is 20.9 Å². The van der Waals surface area contributed by atoms with E-state index in [-0.39, 0.29) is 5.82 Å². The molecule has 0 atom stereocenters. The second kappa shape index (κ2) is 5.51. The first-order chi connectivity index (χ1) is 8.16. The Kier molecular flexibility index (Phi) is 4.02. The third-order valence-corrected chi connectivity index (χ3v) is 3.74. The molecular weight excluding hydrogens is 303 g/mol. The maximum atomic E-state index is 13.6. The molecule has 0 unspecified atom stereocenters. The van der Waals surface area contributed by atoms with Crippen LogP contribution >= 0.6 is 27.7 Å². The van der Waals surface area contributed by atoms with Crippen molar-refractivity contribution in [2.24, 2.45) is 0 Å². The van der Waals surface area contributed by atoms with E-state index >= 15 is 0 Å². The fourth-order valence-corrected chi connectivity index (χ4v) is 2.54. The number of nitrogen functional groups attached to an aromatic ring is 1. The van der Waals surface area contributed by atoms with Gasteiger partial charge in [0.2, 0.25) is 0 Å². The molecule has 1 aromatic carbocycles. The Morgan fingerprint density at radius 3 is 2.88 bits per heavy atom. The van der Waals surface area contributed by atoms with Crippen molar-refractivity contribution in [3.05, 3.63) is 52.4 Å². The predicted octanol–water partition coefficient (Wildman–Crippen LogP) is 3.86. The predicted molar refractivity (Wildman–Crippen MR) is 72.3 cm³/mol. The SMILES string of the molecule is Nc1cccnc1SCc1ccc(Br)cc1F. The van der Waals surface area contributed by atoms with Gasteiger partial charge in [0.1, 0.15) is 10.8 Å². The standard InChI is InChI=1S/C12H10BrFN2S/c13-9-4-3-8(10(14)6-9)7-17-12-11(15)2-1-5-16-12/h1-6H,7,15H2. The number of nitrogens with two attached hydrogens (primary N) is 1. The van der Waals surface area contributed by atoms with Crippen molar-refractivity contribution < 1.29 is 4.39 Å². The lowest BCUT2D eigenvalue weighted by Gasteiger charge is -2.05. The highest BCUT2D eigenvalue weighted by molar-refractivity contribution is 9.10. The smallest absolute Gasteiger partial charge is 0.128 e. The number of hydrogen-bond acceptors (Lipinski definition) is 3. The third kappa shape index (κ3) is 3.20. The van der Waals surface area contributed by atoms with Crippen LogP contribution in [-0.4, -0.2) is 4.98 Å². The number of pyridine rings is 1. The second-order valence-electron chi connectivity index (χ2n) is 3.42. The van der Waals surface area contributed by atoms with Gasteiger partial charge in [0.05, 0.1) is 5.69 Å². The van der Waals surface area contributed by atoms with Crippen molar-refractivity contribution in [2.75, 3.05) is 5.73 Å². The van der Waals surface area contributed by atoms with E-state index in [9.17, 15) is 4.39 Å². The monoisotopic (exact) mass is 312 g/mol. The molecular formula is C12H10BrFN2S. The highest BCUT2D eigenvalue weighted by Gasteiger charge is 2.05. The van der Waals surface area contributed by atoms with Crippen molar-refractivity contribution in [1.29, 1.82) is 0 Å². The molecule has 0 spiro atoms. The third-order valence-electron chi connectivity index (χ3n) is 2.18. The van der Waals surface area contributed by atoms with Crippen LogP contribution < -0.4 is 5.73 Å². The van der Waals surface area contributed by atoms with E-state index in [0.29, 0.717) is 17.0 Å². The van der Waals surface area contributed by atoms with E-state index in [1.54, 1.807) is 24.4 Å². The average Bonchev–Trinajstić information content (AvgIpc) is 2.30. The molecule has 2 rings (SSSR count). The fourth-order valence-electron chi connectivity index (χ4n) is 1.31. The minimum atomic E-state index is -0.221. The van der Waals surface area contributed by atoms with Crippen LogP contribution in [0.3, 0.4) is 0 Å². The number of aromatic nitrogens is 1. The van der Waals surface area contributed by atoms with Crippen LogP contribution in [0.25, 0.3) is 0 Å². The van der Waals surface area contributed by atoms with Gasteiger partial charge in [-0.15, -0.1) is 0 Å². The number of benzene rings is 1. The molecule has 0 amide bonds. The average molecular weight is 313 g/mol. The summed E-state index contributed by atoms with van der Waals surface area (Å²) in [6, 6.07) is 8.59. The van der Waals surface area contributed by atoms with Crippen LogP contribution in [0.2, 0.25) is 0 Å². The molecule has 0 bridgehead atoms. The van der Waals surface area contributed by atoms with Crippen LogP contribution in [0.15, 0.2) is 46.0 Å². The number of hydrogen-bond donors (Lipinski definition) is 1. The Balaban J connectivity index is 2.10. The van der Waals surface area contributed by atoms with Gasteiger partial charge in [0, 0.05) is 16.4 Å². The van der Waals surface area contributed by atoms with Gasteiger partial charge in [-0.2, -0.15) is 0 Å². The zero-order valence-corrected chi connectivity index (χ0v) is 11.3. The van der Waals surface area contributed by atoms with Crippen LogP contribution in [0, 0.1) is 5.82 Å². The number of anilines is 1. The summed E-state index contributed by atoms with van der Waals surface area (Å²) in [5, 5.41) is 0.731. The highest BCUT2D eigenvalue weighted by atomic mass is 79.9. The van der Waals surface area contributed by atoms with E-state index in [0.717, 1.165) is 9.50 Å². The molecule has 2 N–H and O–H groups in total. The zero-order valence-electron chi connectivity index (χ0n) is 8.86. The molecule has 0 aliphatic heterocycles. The van der Waals surface area contributed by atoms with Gasteiger partial charge in [-0.05, 0) is 29.8 Å². The van der Waals surface area contributed by atoms with Gasteiger partial charge in [-0.1, -0.05) is 33.8 Å². The topological polar surface area (TPSA) is 38.9 Å². The van der Waals surface area contributed by atoms with Gasteiger partial charge in [-0.3, -0.25) is 0 Å². The molecule has 0 saturated heterocycles. The van der Waals surface area contributed by atoms with E-state index in [4.69, 9.17) is 5.73 Å². The zero-order chi connectivity index (χ0) is 12.3.